The van der Waals surface area contributed by atoms with E-state index in [0.29, 0.717) is 6.61 Å². The van der Waals surface area contributed by atoms with Gasteiger partial charge in [0.2, 0.25) is 5.91 Å². The van der Waals surface area contributed by atoms with E-state index in [1.165, 1.54) is 19.3 Å². The minimum Gasteiger partial charge on any atom is -0.494 e. The summed E-state index contributed by atoms with van der Waals surface area (Å²) in [5.74, 6) is 3.53. The van der Waals surface area contributed by atoms with Crippen molar-refractivity contribution in [3.63, 3.8) is 0 Å². The maximum Gasteiger partial charge on any atom is 0.230 e. The summed E-state index contributed by atoms with van der Waals surface area (Å²) in [7, 11) is 0. The van der Waals surface area contributed by atoms with E-state index >= 15 is 0 Å². The predicted octanol–water partition coefficient (Wildman–Crippen LogP) is 4.24. The summed E-state index contributed by atoms with van der Waals surface area (Å²) in [4.78, 5) is 12.9. The highest BCUT2D eigenvalue weighted by Gasteiger charge is 2.54. The van der Waals surface area contributed by atoms with Gasteiger partial charge in [0.05, 0.1) is 12.0 Å². The van der Waals surface area contributed by atoms with Gasteiger partial charge in [-0.15, -0.1) is 0 Å². The molecule has 1 aromatic carbocycles. The van der Waals surface area contributed by atoms with Gasteiger partial charge in [-0.05, 0) is 87.5 Å². The molecule has 1 aromatic rings. The van der Waals surface area contributed by atoms with Crippen molar-refractivity contribution in [3.8, 4) is 5.75 Å². The van der Waals surface area contributed by atoms with E-state index in [9.17, 15) is 4.79 Å². The van der Waals surface area contributed by atoms with Crippen LogP contribution in [0, 0.1) is 23.2 Å². The van der Waals surface area contributed by atoms with Crippen molar-refractivity contribution in [1.29, 1.82) is 0 Å². The summed E-state index contributed by atoms with van der Waals surface area (Å²) < 4.78 is 5.45. The number of hydrogen-bond acceptors (Lipinski definition) is 2. The minimum absolute atomic E-state index is 0.0761. The monoisotopic (exact) mass is 299 g/mol. The molecule has 22 heavy (non-hydrogen) atoms. The predicted molar refractivity (Wildman–Crippen MR) is 86.8 cm³/mol. The summed E-state index contributed by atoms with van der Waals surface area (Å²) in [6, 6.07) is 7.75. The van der Waals surface area contributed by atoms with Gasteiger partial charge in [-0.1, -0.05) is 0 Å². The van der Waals surface area contributed by atoms with E-state index < -0.39 is 0 Å². The molecule has 1 amide bonds. The fraction of sp³-hybridized carbons (Fsp3) is 0.632. The van der Waals surface area contributed by atoms with Crippen LogP contribution in [0.4, 0.5) is 5.69 Å². The third kappa shape index (κ3) is 2.41. The van der Waals surface area contributed by atoms with Gasteiger partial charge in [0.25, 0.3) is 0 Å². The maximum atomic E-state index is 12.9. The highest BCUT2D eigenvalue weighted by molar-refractivity contribution is 5.95. The van der Waals surface area contributed by atoms with Crippen molar-refractivity contribution >= 4 is 11.6 Å². The number of carbonyl (C=O) groups is 1. The fourth-order valence-corrected chi connectivity index (χ4v) is 5.45. The van der Waals surface area contributed by atoms with Crippen molar-refractivity contribution in [2.45, 2.75) is 45.4 Å². The Kier molecular flexibility index (Phi) is 3.39. The standard InChI is InChI=1S/C19H25NO2/c1-2-22-17-5-3-16(4-6-17)20-18(21)19-10-13-7-14(11-19)9-15(8-13)12-19/h3-6,13-15H,2,7-12H2,1H3,(H,20,21). The first kappa shape index (κ1) is 14.1. The van der Waals surface area contributed by atoms with Crippen molar-refractivity contribution in [2.75, 3.05) is 11.9 Å². The fourth-order valence-electron chi connectivity index (χ4n) is 5.45. The van der Waals surface area contributed by atoms with Crippen molar-refractivity contribution in [3.05, 3.63) is 24.3 Å². The average Bonchev–Trinajstić information content (AvgIpc) is 2.48. The van der Waals surface area contributed by atoms with Crippen molar-refractivity contribution in [2.24, 2.45) is 23.2 Å². The van der Waals surface area contributed by atoms with Crippen LogP contribution < -0.4 is 10.1 Å². The van der Waals surface area contributed by atoms with E-state index in [2.05, 4.69) is 5.32 Å². The molecule has 4 saturated carbocycles. The summed E-state index contributed by atoms with van der Waals surface area (Å²) in [5.41, 5.74) is 0.817. The summed E-state index contributed by atoms with van der Waals surface area (Å²) in [6.07, 6.45) is 7.45. The molecule has 3 heteroatoms. The Balaban J connectivity index is 1.48. The second kappa shape index (κ2) is 5.29. The number of hydrogen-bond donors (Lipinski definition) is 1. The Labute approximate surface area is 132 Å². The highest BCUT2D eigenvalue weighted by atomic mass is 16.5. The van der Waals surface area contributed by atoms with E-state index in [0.717, 1.165) is 48.5 Å². The summed E-state index contributed by atoms with van der Waals surface area (Å²) in [6.45, 7) is 2.64. The van der Waals surface area contributed by atoms with Crippen LogP contribution in [0.3, 0.4) is 0 Å². The van der Waals surface area contributed by atoms with Gasteiger partial charge < -0.3 is 10.1 Å². The molecule has 0 radical (unpaired) electrons. The lowest BCUT2D eigenvalue weighted by atomic mass is 9.49. The average molecular weight is 299 g/mol. The first-order chi connectivity index (χ1) is 10.7. The molecule has 0 aromatic heterocycles. The van der Waals surface area contributed by atoms with Crippen LogP contribution in [0.1, 0.15) is 45.4 Å². The van der Waals surface area contributed by atoms with Crippen LogP contribution in [0.5, 0.6) is 5.75 Å². The molecule has 4 aliphatic rings. The summed E-state index contributed by atoms with van der Waals surface area (Å²) in [5, 5.41) is 3.17. The second-order valence-corrected chi connectivity index (χ2v) is 7.61. The zero-order chi connectivity index (χ0) is 15.2. The molecule has 1 N–H and O–H groups in total. The molecular formula is C19H25NO2. The zero-order valence-corrected chi connectivity index (χ0v) is 13.3. The third-order valence-corrected chi connectivity index (χ3v) is 5.94. The smallest absolute Gasteiger partial charge is 0.230 e. The molecule has 5 rings (SSSR count). The Morgan fingerprint density at radius 1 is 1.09 bits per heavy atom. The Morgan fingerprint density at radius 3 is 2.14 bits per heavy atom. The number of amides is 1. The van der Waals surface area contributed by atoms with Crippen LogP contribution in [0.25, 0.3) is 0 Å². The largest absolute Gasteiger partial charge is 0.494 e. The number of anilines is 1. The Morgan fingerprint density at radius 2 is 1.64 bits per heavy atom. The first-order valence-corrected chi connectivity index (χ1v) is 8.71. The number of ether oxygens (including phenoxy) is 1. The quantitative estimate of drug-likeness (QED) is 0.903. The molecule has 4 fully saturated rings. The number of nitrogens with one attached hydrogen (secondary N) is 1. The number of benzene rings is 1. The Hall–Kier alpha value is -1.51. The molecule has 0 saturated heterocycles. The zero-order valence-electron chi connectivity index (χ0n) is 13.3. The van der Waals surface area contributed by atoms with Gasteiger partial charge >= 0.3 is 0 Å². The van der Waals surface area contributed by atoms with E-state index in [4.69, 9.17) is 4.74 Å². The van der Waals surface area contributed by atoms with Crippen LogP contribution >= 0.6 is 0 Å². The van der Waals surface area contributed by atoms with Gasteiger partial charge in [0.15, 0.2) is 0 Å². The van der Waals surface area contributed by atoms with Crippen LogP contribution in [0.2, 0.25) is 0 Å². The minimum atomic E-state index is -0.0761. The van der Waals surface area contributed by atoms with E-state index in [-0.39, 0.29) is 11.3 Å². The molecule has 0 atom stereocenters. The van der Waals surface area contributed by atoms with Crippen molar-refractivity contribution in [1.82, 2.24) is 0 Å². The first-order valence-electron chi connectivity index (χ1n) is 8.71. The molecular weight excluding hydrogens is 274 g/mol. The molecule has 4 bridgehead atoms. The molecule has 3 nitrogen and oxygen atoms in total. The van der Waals surface area contributed by atoms with Gasteiger partial charge in [-0.3, -0.25) is 4.79 Å². The van der Waals surface area contributed by atoms with Crippen LogP contribution in [0.15, 0.2) is 24.3 Å². The van der Waals surface area contributed by atoms with Crippen molar-refractivity contribution < 1.29 is 9.53 Å². The number of rotatable bonds is 4. The molecule has 118 valence electrons. The number of carbonyl (C=O) groups excluding carboxylic acids is 1. The lowest BCUT2D eigenvalue weighted by Crippen LogP contribution is -2.51. The van der Waals surface area contributed by atoms with Gasteiger partial charge in [-0.2, -0.15) is 0 Å². The molecule has 0 heterocycles. The molecule has 0 spiro atoms. The highest BCUT2D eigenvalue weighted by Crippen LogP contribution is 2.60. The normalized spacial score (nSPS) is 35.4. The third-order valence-electron chi connectivity index (χ3n) is 5.94. The second-order valence-electron chi connectivity index (χ2n) is 7.61. The lowest BCUT2D eigenvalue weighted by Gasteiger charge is -2.55. The van der Waals surface area contributed by atoms with E-state index in [1.54, 1.807) is 0 Å². The van der Waals surface area contributed by atoms with Gasteiger partial charge in [0, 0.05) is 5.69 Å². The summed E-state index contributed by atoms with van der Waals surface area (Å²) >= 11 is 0. The molecule has 0 aliphatic heterocycles. The van der Waals surface area contributed by atoms with Crippen LogP contribution in [-0.2, 0) is 4.79 Å². The maximum absolute atomic E-state index is 12.9. The molecule has 4 aliphatic carbocycles. The molecule has 0 unspecified atom stereocenters. The Bertz CT molecular complexity index is 528. The van der Waals surface area contributed by atoms with E-state index in [1.807, 2.05) is 31.2 Å². The van der Waals surface area contributed by atoms with Gasteiger partial charge in [0.1, 0.15) is 5.75 Å². The van der Waals surface area contributed by atoms with Crippen LogP contribution in [-0.4, -0.2) is 12.5 Å². The lowest BCUT2D eigenvalue weighted by molar-refractivity contribution is -0.140. The SMILES string of the molecule is CCOc1ccc(NC(=O)C23CC4CC(CC(C4)C2)C3)cc1. The van der Waals surface area contributed by atoms with Gasteiger partial charge in [-0.25, -0.2) is 0 Å². The topological polar surface area (TPSA) is 38.3 Å².